The normalized spacial score (nSPS) is 17.2. The molecule has 2 heterocycles. The van der Waals surface area contributed by atoms with Gasteiger partial charge < -0.3 is 10.5 Å². The minimum atomic E-state index is -0.879. The van der Waals surface area contributed by atoms with Gasteiger partial charge in [-0.2, -0.15) is 5.10 Å². The van der Waals surface area contributed by atoms with Crippen molar-refractivity contribution in [3.05, 3.63) is 47.7 Å². The van der Waals surface area contributed by atoms with Crippen LogP contribution < -0.4 is 10.9 Å². The Balaban J connectivity index is 1.92. The Bertz CT molecular complexity index is 579. The average molecular weight is 244 g/mol. The van der Waals surface area contributed by atoms with Gasteiger partial charge in [-0.1, -0.05) is 30.3 Å². The maximum absolute atomic E-state index is 10.7. The van der Waals surface area contributed by atoms with Crippen LogP contribution in [0.25, 0.3) is 0 Å². The molecular weight excluding hydrogens is 232 g/mol. The molecule has 18 heavy (non-hydrogen) atoms. The zero-order valence-electron chi connectivity index (χ0n) is 9.50. The van der Waals surface area contributed by atoms with Crippen LogP contribution in [0.4, 0.5) is 5.82 Å². The van der Waals surface area contributed by atoms with Gasteiger partial charge in [-0.3, -0.25) is 4.79 Å². The number of carboxylic acids is 1. The summed E-state index contributed by atoms with van der Waals surface area (Å²) in [6, 6.07) is 11.6. The summed E-state index contributed by atoms with van der Waals surface area (Å²) in [5, 5.41) is 13.1. The Morgan fingerprint density at radius 2 is 2.17 bits per heavy atom. The molecule has 0 radical (unpaired) electrons. The molecule has 1 aromatic heterocycles. The first kappa shape index (κ1) is 10.8. The Hall–Kier alpha value is -2.34. The van der Waals surface area contributed by atoms with E-state index in [1.165, 1.54) is 0 Å². The van der Waals surface area contributed by atoms with Gasteiger partial charge in [-0.25, -0.2) is 10.1 Å². The lowest BCUT2D eigenvalue weighted by molar-refractivity contribution is -0.136. The van der Waals surface area contributed by atoms with Gasteiger partial charge in [-0.15, -0.1) is 0 Å². The van der Waals surface area contributed by atoms with Gasteiger partial charge in [0.15, 0.2) is 0 Å². The molecule has 1 aliphatic heterocycles. The van der Waals surface area contributed by atoms with Crippen molar-refractivity contribution in [1.82, 2.24) is 15.2 Å². The van der Waals surface area contributed by atoms with Crippen molar-refractivity contribution in [3.8, 4) is 0 Å². The zero-order chi connectivity index (χ0) is 12.5. The molecule has 6 nitrogen and oxygen atoms in total. The van der Waals surface area contributed by atoms with E-state index >= 15 is 0 Å². The first-order valence-electron chi connectivity index (χ1n) is 5.61. The highest BCUT2D eigenvalue weighted by Crippen LogP contribution is 2.25. The molecule has 6 heteroatoms. The predicted octanol–water partition coefficient (Wildman–Crippen LogP) is 0.987. The predicted molar refractivity (Wildman–Crippen MR) is 64.9 cm³/mol. The van der Waals surface area contributed by atoms with Crippen LogP contribution in [0.1, 0.15) is 17.4 Å². The summed E-state index contributed by atoms with van der Waals surface area (Å²) >= 11 is 0. The quantitative estimate of drug-likeness (QED) is 0.750. The number of carboxylic acid groups (broad SMARTS) is 1. The highest BCUT2D eigenvalue weighted by Gasteiger charge is 2.24. The highest BCUT2D eigenvalue weighted by molar-refractivity contribution is 5.70. The molecule has 0 saturated heterocycles. The molecule has 0 spiro atoms. The van der Waals surface area contributed by atoms with Crippen molar-refractivity contribution in [1.29, 1.82) is 0 Å². The summed E-state index contributed by atoms with van der Waals surface area (Å²) in [6.07, 6.45) is -0.174. The van der Waals surface area contributed by atoms with Crippen molar-refractivity contribution in [2.75, 3.05) is 5.43 Å². The number of fused-ring (bicyclic) bond motifs is 1. The second-order valence-electron chi connectivity index (χ2n) is 4.12. The number of nitrogens with one attached hydrogen (secondary N) is 2. The molecule has 0 amide bonds. The van der Waals surface area contributed by atoms with E-state index in [2.05, 4.69) is 16.0 Å². The van der Waals surface area contributed by atoms with Gasteiger partial charge in [0, 0.05) is 6.07 Å². The van der Waals surface area contributed by atoms with E-state index in [0.717, 1.165) is 11.4 Å². The SMILES string of the molecule is O=C(O)Cc1cc2n(n1)C(c1ccccc1)NN2. The molecule has 0 aliphatic carbocycles. The number of hydrogen-bond donors (Lipinski definition) is 3. The number of hydrazine groups is 1. The van der Waals surface area contributed by atoms with Crippen LogP contribution in [0.2, 0.25) is 0 Å². The largest absolute Gasteiger partial charge is 0.481 e. The number of anilines is 1. The van der Waals surface area contributed by atoms with E-state index in [0.29, 0.717) is 5.69 Å². The second-order valence-corrected chi connectivity index (χ2v) is 4.12. The number of aliphatic carboxylic acids is 1. The van der Waals surface area contributed by atoms with E-state index in [-0.39, 0.29) is 12.6 Å². The van der Waals surface area contributed by atoms with Gasteiger partial charge in [0.2, 0.25) is 0 Å². The number of hydrogen-bond acceptors (Lipinski definition) is 4. The molecule has 0 bridgehead atoms. The smallest absolute Gasteiger partial charge is 0.309 e. The molecule has 2 aromatic rings. The van der Waals surface area contributed by atoms with E-state index in [9.17, 15) is 4.79 Å². The second kappa shape index (κ2) is 4.15. The molecule has 0 fully saturated rings. The van der Waals surface area contributed by atoms with Gasteiger partial charge >= 0.3 is 5.97 Å². The molecular formula is C12H12N4O2. The van der Waals surface area contributed by atoms with Gasteiger partial charge in [0.1, 0.15) is 12.0 Å². The van der Waals surface area contributed by atoms with E-state index in [4.69, 9.17) is 5.11 Å². The Morgan fingerprint density at radius 1 is 1.39 bits per heavy atom. The number of rotatable bonds is 3. The van der Waals surface area contributed by atoms with Crippen LogP contribution in [-0.4, -0.2) is 20.9 Å². The van der Waals surface area contributed by atoms with Crippen LogP contribution in [0.5, 0.6) is 0 Å². The summed E-state index contributed by atoms with van der Waals surface area (Å²) in [4.78, 5) is 10.7. The topological polar surface area (TPSA) is 79.2 Å². The maximum atomic E-state index is 10.7. The fourth-order valence-electron chi connectivity index (χ4n) is 2.04. The molecule has 1 atom stereocenters. The summed E-state index contributed by atoms with van der Waals surface area (Å²) in [5.74, 6) is -0.101. The molecule has 1 unspecified atom stereocenters. The van der Waals surface area contributed by atoms with Crippen molar-refractivity contribution in [2.24, 2.45) is 0 Å². The number of benzene rings is 1. The minimum absolute atomic E-state index is 0.0663. The standard InChI is InChI=1S/C12H12N4O2/c17-11(18)7-9-6-10-13-14-12(16(10)15-9)8-4-2-1-3-5-8/h1-6,12-14H,7H2,(H,17,18). The zero-order valence-corrected chi connectivity index (χ0v) is 9.50. The third-order valence-corrected chi connectivity index (χ3v) is 2.82. The molecule has 1 aromatic carbocycles. The first-order valence-corrected chi connectivity index (χ1v) is 5.61. The number of carbonyl (C=O) groups is 1. The van der Waals surface area contributed by atoms with Gasteiger partial charge in [0.25, 0.3) is 0 Å². The van der Waals surface area contributed by atoms with Crippen LogP contribution in [0.15, 0.2) is 36.4 Å². The van der Waals surface area contributed by atoms with Crippen molar-refractivity contribution in [2.45, 2.75) is 12.6 Å². The van der Waals surface area contributed by atoms with E-state index in [1.807, 2.05) is 30.3 Å². The number of aromatic nitrogens is 2. The molecule has 3 rings (SSSR count). The van der Waals surface area contributed by atoms with Crippen molar-refractivity contribution >= 4 is 11.8 Å². The summed E-state index contributed by atoms with van der Waals surface area (Å²) in [6.45, 7) is 0. The lowest BCUT2D eigenvalue weighted by Crippen LogP contribution is -2.23. The van der Waals surface area contributed by atoms with Crippen molar-refractivity contribution in [3.63, 3.8) is 0 Å². The fourth-order valence-corrected chi connectivity index (χ4v) is 2.04. The molecule has 0 saturated carbocycles. The Labute approximate surface area is 103 Å². The van der Waals surface area contributed by atoms with Crippen LogP contribution in [0, 0.1) is 0 Å². The lowest BCUT2D eigenvalue weighted by atomic mass is 10.2. The summed E-state index contributed by atoms with van der Waals surface area (Å²) < 4.78 is 1.76. The average Bonchev–Trinajstić information content (AvgIpc) is 2.88. The van der Waals surface area contributed by atoms with E-state index < -0.39 is 5.97 Å². The lowest BCUT2D eigenvalue weighted by Gasteiger charge is -2.11. The van der Waals surface area contributed by atoms with Gasteiger partial charge in [-0.05, 0) is 5.56 Å². The van der Waals surface area contributed by atoms with Crippen LogP contribution >= 0.6 is 0 Å². The Morgan fingerprint density at radius 3 is 2.89 bits per heavy atom. The van der Waals surface area contributed by atoms with Gasteiger partial charge in [0.05, 0.1) is 12.1 Å². The van der Waals surface area contributed by atoms with Crippen LogP contribution in [-0.2, 0) is 11.2 Å². The third kappa shape index (κ3) is 1.82. The van der Waals surface area contributed by atoms with Crippen molar-refractivity contribution < 1.29 is 9.90 Å². The van der Waals surface area contributed by atoms with E-state index in [1.54, 1.807) is 10.7 Å². The monoisotopic (exact) mass is 244 g/mol. The minimum Gasteiger partial charge on any atom is -0.481 e. The number of nitrogens with zero attached hydrogens (tertiary/aromatic N) is 2. The van der Waals surface area contributed by atoms with Crippen LogP contribution in [0.3, 0.4) is 0 Å². The Kier molecular flexibility index (Phi) is 2.49. The summed E-state index contributed by atoms with van der Waals surface area (Å²) in [7, 11) is 0. The summed E-state index contributed by atoms with van der Waals surface area (Å²) in [5.41, 5.74) is 7.71. The first-order chi connectivity index (χ1) is 8.74. The maximum Gasteiger partial charge on any atom is 0.309 e. The fraction of sp³-hybridized carbons (Fsp3) is 0.167. The molecule has 3 N–H and O–H groups in total. The molecule has 1 aliphatic rings. The highest BCUT2D eigenvalue weighted by atomic mass is 16.4. The molecule has 92 valence electrons. The third-order valence-electron chi connectivity index (χ3n) is 2.82.